The lowest BCUT2D eigenvalue weighted by molar-refractivity contribution is -0.134. The highest BCUT2D eigenvalue weighted by Crippen LogP contribution is 2.39. The number of nitrogens with one attached hydrogen (secondary N) is 3. The largest absolute Gasteiger partial charge is 0.493 e. The number of anilines is 2. The lowest BCUT2D eigenvalue weighted by Crippen LogP contribution is -2.48. The molecule has 4 aromatic rings. The van der Waals surface area contributed by atoms with Gasteiger partial charge in [-0.25, -0.2) is 8.42 Å². The van der Waals surface area contributed by atoms with Crippen molar-refractivity contribution >= 4 is 67.6 Å². The maximum atomic E-state index is 14.0. The first kappa shape index (κ1) is 49.7. The minimum atomic E-state index is -3.67. The number of hydrogen-bond donors (Lipinski definition) is 3. The van der Waals surface area contributed by atoms with Gasteiger partial charge in [0.1, 0.15) is 9.84 Å². The van der Waals surface area contributed by atoms with Crippen molar-refractivity contribution in [3.05, 3.63) is 77.0 Å². The summed E-state index contributed by atoms with van der Waals surface area (Å²) in [5.41, 5.74) is 2.82. The molecule has 3 N–H and O–H groups in total. The Morgan fingerprint density at radius 2 is 1.57 bits per heavy atom. The van der Waals surface area contributed by atoms with Gasteiger partial charge in [-0.1, -0.05) is 44.2 Å². The number of piperidine rings is 1. The molecular formula is C49H62N8O10S. The molecule has 3 aliphatic heterocycles. The van der Waals surface area contributed by atoms with E-state index in [2.05, 4.69) is 30.8 Å². The minimum absolute atomic E-state index is 0.0370. The number of benzene rings is 3. The lowest BCUT2D eigenvalue weighted by Gasteiger charge is -2.34. The molecule has 0 radical (unpaired) electrons. The number of sulfone groups is 1. The molecule has 4 heterocycles. The smallest absolute Gasteiger partial charge is 0.264 e. The highest BCUT2D eigenvalue weighted by molar-refractivity contribution is 7.90. The molecule has 364 valence electrons. The highest BCUT2D eigenvalue weighted by atomic mass is 32.2. The third-order valence-electron chi connectivity index (χ3n) is 12.8. The SMILES string of the molecule is CCOc1cc(C(CS(C)(=O)=O)N2C(=O)c3cccc(NC(=O)CCCCCCCCCN4CCN(CC(=O)Nc5ccc6c(C7CCC(=O)NC7=O)nn(C)c6c5)CC4)c3C2=O)ccc1OC. The number of ether oxygens (including phenoxy) is 2. The zero-order chi connectivity index (χ0) is 48.5. The average Bonchev–Trinajstić information content (AvgIpc) is 3.76. The lowest BCUT2D eigenvalue weighted by atomic mass is 9.93. The fourth-order valence-electron chi connectivity index (χ4n) is 9.33. The first-order valence-electron chi connectivity index (χ1n) is 23.5. The number of carbonyl (C=O) groups is 6. The number of aryl methyl sites for hydroxylation is 1. The molecule has 6 amide bonds. The number of unbranched alkanes of at least 4 members (excludes halogenated alkanes) is 6. The van der Waals surface area contributed by atoms with E-state index in [1.165, 1.54) is 13.2 Å². The van der Waals surface area contributed by atoms with Gasteiger partial charge in [0.15, 0.2) is 11.5 Å². The van der Waals surface area contributed by atoms with Gasteiger partial charge >= 0.3 is 0 Å². The second-order valence-electron chi connectivity index (χ2n) is 17.8. The van der Waals surface area contributed by atoms with E-state index in [1.807, 2.05) is 18.2 Å². The van der Waals surface area contributed by atoms with Crippen LogP contribution in [0.4, 0.5) is 11.4 Å². The van der Waals surface area contributed by atoms with Crippen LogP contribution >= 0.6 is 0 Å². The molecule has 1 aromatic heterocycles. The van der Waals surface area contributed by atoms with E-state index in [0.717, 1.165) is 93.3 Å². The van der Waals surface area contributed by atoms with Crippen LogP contribution in [0.25, 0.3) is 10.9 Å². The van der Waals surface area contributed by atoms with Crippen molar-refractivity contribution in [3.8, 4) is 11.5 Å². The molecule has 0 spiro atoms. The van der Waals surface area contributed by atoms with Gasteiger partial charge in [0.25, 0.3) is 11.8 Å². The molecule has 18 nitrogen and oxygen atoms in total. The van der Waals surface area contributed by atoms with Gasteiger partial charge in [-0.15, -0.1) is 0 Å². The van der Waals surface area contributed by atoms with Crippen molar-refractivity contribution in [2.45, 2.75) is 83.1 Å². The zero-order valence-electron chi connectivity index (χ0n) is 39.3. The van der Waals surface area contributed by atoms with E-state index in [-0.39, 0.29) is 53.3 Å². The van der Waals surface area contributed by atoms with Gasteiger partial charge in [0.2, 0.25) is 23.6 Å². The van der Waals surface area contributed by atoms with Gasteiger partial charge in [0, 0.05) is 63.4 Å². The number of rotatable bonds is 22. The van der Waals surface area contributed by atoms with Crippen LogP contribution in [-0.2, 0) is 36.1 Å². The number of imide groups is 2. The quantitative estimate of drug-likeness (QED) is 0.0683. The average molecular weight is 955 g/mol. The van der Waals surface area contributed by atoms with E-state index >= 15 is 0 Å². The van der Waals surface area contributed by atoms with Gasteiger partial charge in [-0.05, 0) is 80.8 Å². The molecule has 2 fully saturated rings. The van der Waals surface area contributed by atoms with Gasteiger partial charge in [-0.3, -0.25) is 48.6 Å². The maximum absolute atomic E-state index is 14.0. The van der Waals surface area contributed by atoms with Crippen molar-refractivity contribution in [2.24, 2.45) is 7.05 Å². The van der Waals surface area contributed by atoms with Crippen molar-refractivity contribution in [1.82, 2.24) is 29.8 Å². The highest BCUT2D eigenvalue weighted by Gasteiger charge is 2.43. The number of piperazine rings is 1. The fourth-order valence-corrected chi connectivity index (χ4v) is 10.2. The van der Waals surface area contributed by atoms with Crippen LogP contribution in [0.5, 0.6) is 11.5 Å². The second-order valence-corrected chi connectivity index (χ2v) is 20.0. The number of nitrogens with zero attached hydrogens (tertiary/aromatic N) is 5. The number of aromatic nitrogens is 2. The van der Waals surface area contributed by atoms with Gasteiger partial charge in [-0.2, -0.15) is 5.10 Å². The number of methoxy groups -OCH3 is 1. The molecule has 2 unspecified atom stereocenters. The summed E-state index contributed by atoms with van der Waals surface area (Å²) in [6.45, 7) is 6.83. The first-order chi connectivity index (χ1) is 32.6. The molecule has 0 saturated carbocycles. The minimum Gasteiger partial charge on any atom is -0.493 e. The number of fused-ring (bicyclic) bond motifs is 2. The topological polar surface area (TPSA) is 219 Å². The van der Waals surface area contributed by atoms with E-state index in [0.29, 0.717) is 54.4 Å². The molecule has 0 bridgehead atoms. The summed E-state index contributed by atoms with van der Waals surface area (Å²) in [4.78, 5) is 83.6. The summed E-state index contributed by atoms with van der Waals surface area (Å²) in [7, 11) is -0.394. The standard InChI is InChI=1S/C49H62N8O10S/c1-5-67-41-28-32(17-21-40(41)66-3)39(31-68(4,64)65)57-48(62)35-14-13-15-37(45(35)49(57)63)51-42(58)16-11-9-7-6-8-10-12-23-55-24-26-56(27-25-55)30-44(60)50-33-18-19-34-38(29-33)54(2)53-46(34)36-20-22-43(59)52-47(36)61/h13-15,17-19,21,28-29,36,39H,5-12,16,20,22-27,30-31H2,1-4H3,(H,50,60)(H,51,58)(H,52,59,61). The molecule has 3 aliphatic rings. The molecule has 2 saturated heterocycles. The van der Waals surface area contributed by atoms with Crippen LogP contribution < -0.4 is 25.4 Å². The van der Waals surface area contributed by atoms with Crippen LogP contribution in [-0.4, -0.2) is 133 Å². The molecule has 3 aromatic carbocycles. The first-order valence-corrected chi connectivity index (χ1v) is 25.5. The second kappa shape index (κ2) is 22.3. The Bertz CT molecular complexity index is 2660. The van der Waals surface area contributed by atoms with E-state index in [4.69, 9.17) is 9.47 Å². The molecule has 0 aliphatic carbocycles. The van der Waals surface area contributed by atoms with E-state index < -0.39 is 39.4 Å². The third kappa shape index (κ3) is 12.1. The summed E-state index contributed by atoms with van der Waals surface area (Å²) in [6.07, 6.45) is 8.90. The van der Waals surface area contributed by atoms with Crippen LogP contribution in [0, 0.1) is 0 Å². The molecule has 2 atom stereocenters. The van der Waals surface area contributed by atoms with Crippen molar-refractivity contribution in [2.75, 3.05) is 75.6 Å². The van der Waals surface area contributed by atoms with Crippen molar-refractivity contribution < 1.29 is 46.7 Å². The van der Waals surface area contributed by atoms with Gasteiger partial charge in [0.05, 0.1) is 66.0 Å². The van der Waals surface area contributed by atoms with Crippen LogP contribution in [0.15, 0.2) is 54.6 Å². The van der Waals surface area contributed by atoms with E-state index in [1.54, 1.807) is 49.0 Å². The Kier molecular flexibility index (Phi) is 16.3. The normalized spacial score (nSPS) is 17.3. The Morgan fingerprint density at radius 1 is 0.853 bits per heavy atom. The number of amides is 6. The predicted molar refractivity (Wildman–Crippen MR) is 256 cm³/mol. The molecule has 7 rings (SSSR count). The Labute approximate surface area is 397 Å². The molecule has 19 heteroatoms. The summed E-state index contributed by atoms with van der Waals surface area (Å²) in [5, 5.41) is 13.7. The Balaban J connectivity index is 0.780. The van der Waals surface area contributed by atoms with Crippen LogP contribution in [0.2, 0.25) is 0 Å². The third-order valence-corrected chi connectivity index (χ3v) is 13.7. The Hall–Kier alpha value is -6.18. The fraction of sp³-hybridized carbons (Fsp3) is 0.490. The molecular weight excluding hydrogens is 893 g/mol. The number of carbonyl (C=O) groups excluding carboxylic acids is 6. The molecule has 68 heavy (non-hydrogen) atoms. The van der Waals surface area contributed by atoms with Crippen molar-refractivity contribution in [3.63, 3.8) is 0 Å². The number of hydrogen-bond acceptors (Lipinski definition) is 13. The summed E-state index contributed by atoms with van der Waals surface area (Å²) in [6, 6.07) is 13.9. The summed E-state index contributed by atoms with van der Waals surface area (Å²) < 4.78 is 38.0. The van der Waals surface area contributed by atoms with Crippen LogP contribution in [0.1, 0.15) is 115 Å². The van der Waals surface area contributed by atoms with Gasteiger partial charge < -0.3 is 25.0 Å². The maximum Gasteiger partial charge on any atom is 0.264 e. The monoisotopic (exact) mass is 954 g/mol. The zero-order valence-corrected chi connectivity index (χ0v) is 40.1. The summed E-state index contributed by atoms with van der Waals surface area (Å²) in [5.74, 6) is -2.51. The van der Waals surface area contributed by atoms with Crippen molar-refractivity contribution in [1.29, 1.82) is 0 Å². The summed E-state index contributed by atoms with van der Waals surface area (Å²) >= 11 is 0. The van der Waals surface area contributed by atoms with Crippen LogP contribution in [0.3, 0.4) is 0 Å². The predicted octanol–water partition coefficient (Wildman–Crippen LogP) is 5.20. The Morgan fingerprint density at radius 3 is 2.28 bits per heavy atom. The van der Waals surface area contributed by atoms with E-state index in [9.17, 15) is 37.2 Å².